The monoisotopic (exact) mass is 1370 g/mol. The van der Waals surface area contributed by atoms with Gasteiger partial charge in [-0.25, -0.2) is 4.79 Å². The lowest BCUT2D eigenvalue weighted by Gasteiger charge is -2.44. The van der Waals surface area contributed by atoms with Gasteiger partial charge < -0.3 is 19.3 Å². The SMILES string of the molecule is CCCCCCCCC(CCCCCC)C(CCCCCC)(CCCCCC)OC(=O)CC(O)(CC(=O)OC(CCCCCC)(CCCCCC)C(CCCCCC)CCCCCCCC)C(=O)OC(CCCCCC)(CCCCCC)C(CCCCCC)CCCCCCCC. The van der Waals surface area contributed by atoms with Gasteiger partial charge in [0, 0.05) is 0 Å². The molecular formula is C90H176O7. The van der Waals surface area contributed by atoms with Crippen LogP contribution in [0.1, 0.15) is 520 Å². The quantitative estimate of drug-likeness (QED) is 0.0368. The van der Waals surface area contributed by atoms with E-state index in [0.717, 1.165) is 289 Å². The van der Waals surface area contributed by atoms with Gasteiger partial charge in [0.15, 0.2) is 5.60 Å². The molecule has 0 bridgehead atoms. The normalized spacial score (nSPS) is 13.8. The maximum absolute atomic E-state index is 16.6. The van der Waals surface area contributed by atoms with Crippen LogP contribution in [0.2, 0.25) is 0 Å². The summed E-state index contributed by atoms with van der Waals surface area (Å²) in [5.74, 6) is -1.42. The van der Waals surface area contributed by atoms with Crippen LogP contribution in [0.25, 0.3) is 0 Å². The van der Waals surface area contributed by atoms with Crippen LogP contribution < -0.4 is 0 Å². The highest BCUT2D eigenvalue weighted by atomic mass is 16.6. The third kappa shape index (κ3) is 46.7. The van der Waals surface area contributed by atoms with E-state index in [1.54, 1.807) is 0 Å². The van der Waals surface area contributed by atoms with Crippen molar-refractivity contribution in [1.29, 1.82) is 0 Å². The van der Waals surface area contributed by atoms with Crippen LogP contribution in [0.3, 0.4) is 0 Å². The van der Waals surface area contributed by atoms with Crippen molar-refractivity contribution in [2.75, 3.05) is 0 Å². The van der Waals surface area contributed by atoms with E-state index in [4.69, 9.17) is 14.2 Å². The molecule has 0 aromatic heterocycles. The molecule has 0 aliphatic carbocycles. The van der Waals surface area contributed by atoms with E-state index in [2.05, 4.69) is 83.1 Å². The molecule has 0 fully saturated rings. The lowest BCUT2D eigenvalue weighted by atomic mass is 9.73. The zero-order valence-corrected chi connectivity index (χ0v) is 68.2. The first-order chi connectivity index (χ1) is 47.3. The number of carbonyl (C=O) groups is 3. The van der Waals surface area contributed by atoms with E-state index < -0.39 is 53.2 Å². The standard InChI is InChI=1S/C90H176O7/c1-13-25-37-49-52-58-70-81(67-55-40-28-16-4)88(73-61-43-31-19-7,74-62-44-32-20-8)95-84(91)79-87(94,86(93)97-90(77-65-47-35-23-11,78-66-48-36-24-12)83(69-57-42-30-18-6)72-60-54-51-39-27-15-3)80-85(92)96-89(75-63-45-33-21-9,76-64-46-34-22-10)82(68-56-41-29-17-5)71-59-53-50-38-26-14-2/h81-83,94H,13-80H2,1-12H3. The van der Waals surface area contributed by atoms with Crippen LogP contribution in [0, 0.1) is 17.8 Å². The second-order valence-corrected chi connectivity index (χ2v) is 32.1. The van der Waals surface area contributed by atoms with E-state index >= 15 is 14.4 Å². The molecule has 0 spiro atoms. The number of hydrogen-bond donors (Lipinski definition) is 1. The lowest BCUT2D eigenvalue weighted by molar-refractivity contribution is -0.204. The number of unbranched alkanes of at least 4 members (excludes halogenated alkanes) is 42. The van der Waals surface area contributed by atoms with Gasteiger partial charge in [-0.3, -0.25) is 9.59 Å². The summed E-state index contributed by atoms with van der Waals surface area (Å²) in [6.07, 6.45) is 70.8. The minimum atomic E-state index is -2.49. The predicted octanol–water partition coefficient (Wildman–Crippen LogP) is 30.2. The Morgan fingerprint density at radius 2 is 0.381 bits per heavy atom. The van der Waals surface area contributed by atoms with Crippen LogP contribution in [-0.4, -0.2) is 45.4 Å². The Morgan fingerprint density at radius 1 is 0.227 bits per heavy atom. The van der Waals surface area contributed by atoms with Crippen molar-refractivity contribution in [2.45, 2.75) is 542 Å². The van der Waals surface area contributed by atoms with Crippen molar-refractivity contribution in [2.24, 2.45) is 17.8 Å². The Hall–Kier alpha value is -1.63. The maximum atomic E-state index is 16.6. The van der Waals surface area contributed by atoms with Gasteiger partial charge in [-0.05, 0) is 133 Å². The summed E-state index contributed by atoms with van der Waals surface area (Å²) in [6, 6.07) is 0. The Kier molecular flexibility index (Phi) is 65.2. The van der Waals surface area contributed by atoms with E-state index in [-0.39, 0.29) is 17.8 Å². The maximum Gasteiger partial charge on any atom is 0.339 e. The fourth-order valence-electron chi connectivity index (χ4n) is 16.7. The molecule has 0 aliphatic heterocycles. The highest BCUT2D eigenvalue weighted by Gasteiger charge is 2.52. The molecule has 1 N–H and O–H groups in total. The first kappa shape index (κ1) is 95.4. The highest BCUT2D eigenvalue weighted by molar-refractivity contribution is 5.90. The van der Waals surface area contributed by atoms with E-state index in [9.17, 15) is 5.11 Å². The molecule has 97 heavy (non-hydrogen) atoms. The van der Waals surface area contributed by atoms with E-state index in [0.29, 0.717) is 0 Å². The van der Waals surface area contributed by atoms with Gasteiger partial charge in [-0.15, -0.1) is 0 Å². The second kappa shape index (κ2) is 66.3. The van der Waals surface area contributed by atoms with Crippen LogP contribution in [0.4, 0.5) is 0 Å². The summed E-state index contributed by atoms with van der Waals surface area (Å²) in [4.78, 5) is 48.9. The third-order valence-corrected chi connectivity index (χ3v) is 23.1. The number of aliphatic hydroxyl groups is 1. The molecule has 0 aromatic rings. The molecule has 3 atom stereocenters. The number of esters is 3. The highest BCUT2D eigenvalue weighted by Crippen LogP contribution is 2.46. The Labute approximate surface area is 608 Å². The fraction of sp³-hybridized carbons (Fsp3) is 0.967. The van der Waals surface area contributed by atoms with Crippen LogP contribution in [0.15, 0.2) is 0 Å². The first-order valence-corrected chi connectivity index (χ1v) is 44.6. The number of hydrogen-bond acceptors (Lipinski definition) is 7. The van der Waals surface area contributed by atoms with Crippen LogP contribution >= 0.6 is 0 Å². The Balaban J connectivity index is 9.07. The van der Waals surface area contributed by atoms with Gasteiger partial charge in [-0.1, -0.05) is 391 Å². The minimum absolute atomic E-state index is 0.106. The van der Waals surface area contributed by atoms with Gasteiger partial charge in [0.1, 0.15) is 16.8 Å². The summed E-state index contributed by atoms with van der Waals surface area (Å²) in [5.41, 5.74) is -4.81. The zero-order chi connectivity index (χ0) is 71.7. The summed E-state index contributed by atoms with van der Waals surface area (Å²) < 4.78 is 22.4. The smallest absolute Gasteiger partial charge is 0.339 e. The molecule has 7 heteroatoms. The fourth-order valence-corrected chi connectivity index (χ4v) is 16.7. The summed E-state index contributed by atoms with van der Waals surface area (Å²) >= 11 is 0. The van der Waals surface area contributed by atoms with Gasteiger partial charge >= 0.3 is 17.9 Å². The molecule has 0 amide bonds. The average molecular weight is 1370 g/mol. The molecule has 0 radical (unpaired) electrons. The largest absolute Gasteiger partial charge is 0.459 e. The first-order valence-electron chi connectivity index (χ1n) is 44.6. The molecule has 0 aromatic carbocycles. The predicted molar refractivity (Wildman–Crippen MR) is 424 cm³/mol. The van der Waals surface area contributed by atoms with Gasteiger partial charge in [0.05, 0.1) is 12.8 Å². The van der Waals surface area contributed by atoms with Crippen molar-refractivity contribution in [3.63, 3.8) is 0 Å². The summed E-state index contributed by atoms with van der Waals surface area (Å²) in [7, 11) is 0. The third-order valence-electron chi connectivity index (χ3n) is 23.1. The molecular weight excluding hydrogens is 1190 g/mol. The number of ether oxygens (including phenoxy) is 3. The topological polar surface area (TPSA) is 99.1 Å². The molecule has 0 rings (SSSR count). The van der Waals surface area contributed by atoms with Crippen molar-refractivity contribution in [3.8, 4) is 0 Å². The summed E-state index contributed by atoms with van der Waals surface area (Å²) in [5, 5.41) is 14.2. The van der Waals surface area contributed by atoms with Crippen LogP contribution in [0.5, 0.6) is 0 Å². The number of carbonyl (C=O) groups excluding carboxylic acids is 3. The minimum Gasteiger partial charge on any atom is -0.459 e. The van der Waals surface area contributed by atoms with Crippen molar-refractivity contribution in [1.82, 2.24) is 0 Å². The molecule has 0 saturated heterocycles. The lowest BCUT2D eigenvalue weighted by Crippen LogP contribution is -2.53. The summed E-state index contributed by atoms with van der Waals surface area (Å²) in [6.45, 7) is 27.4. The van der Waals surface area contributed by atoms with E-state index in [1.165, 1.54) is 135 Å². The van der Waals surface area contributed by atoms with Crippen molar-refractivity contribution in [3.05, 3.63) is 0 Å². The molecule has 0 aliphatic rings. The van der Waals surface area contributed by atoms with Gasteiger partial charge in [0.2, 0.25) is 0 Å². The zero-order valence-electron chi connectivity index (χ0n) is 68.2. The average Bonchev–Trinajstić information content (AvgIpc) is 0.792. The Bertz CT molecular complexity index is 1590. The van der Waals surface area contributed by atoms with Gasteiger partial charge in [0.25, 0.3) is 0 Å². The van der Waals surface area contributed by atoms with Crippen molar-refractivity contribution < 1.29 is 33.7 Å². The molecule has 578 valence electrons. The van der Waals surface area contributed by atoms with Crippen molar-refractivity contribution >= 4 is 17.9 Å². The Morgan fingerprint density at radius 3 is 0.577 bits per heavy atom. The van der Waals surface area contributed by atoms with Gasteiger partial charge in [-0.2, -0.15) is 0 Å². The number of rotatable bonds is 77. The molecule has 0 saturated carbocycles. The molecule has 3 unspecified atom stereocenters. The molecule has 0 heterocycles. The second-order valence-electron chi connectivity index (χ2n) is 32.1. The van der Waals surface area contributed by atoms with Crippen LogP contribution in [-0.2, 0) is 28.6 Å². The van der Waals surface area contributed by atoms with E-state index in [1.807, 2.05) is 0 Å². The molecule has 7 nitrogen and oxygen atoms in total.